The van der Waals surface area contributed by atoms with Crippen LogP contribution in [0.3, 0.4) is 0 Å². The molecule has 1 saturated heterocycles. The number of carbonyl (C=O) groups is 5. The Kier molecular flexibility index (Phi) is 19.6. The fraction of sp³-hybridized carbons (Fsp3) is 0.630. The Morgan fingerprint density at radius 2 is 1.61 bits per heavy atom. The third kappa shape index (κ3) is 17.6. The zero-order valence-corrected chi connectivity index (χ0v) is 34.5. The molecule has 2 aromatic heterocycles. The van der Waals surface area contributed by atoms with Crippen LogP contribution < -0.4 is 16.4 Å². The molecule has 0 spiro atoms. The third-order valence-corrected chi connectivity index (χ3v) is 10.8. The molecule has 1 aliphatic rings. The van der Waals surface area contributed by atoms with E-state index in [1.807, 2.05) is 0 Å². The lowest BCUT2D eigenvalue weighted by molar-refractivity contribution is -0.142. The number of ether oxygens (including phenoxy) is 1. The first-order valence-electron chi connectivity index (χ1n) is 16.6. The van der Waals surface area contributed by atoms with Gasteiger partial charge in [-0.15, -0.1) is 0 Å². The van der Waals surface area contributed by atoms with E-state index < -0.39 is 103 Å². The van der Waals surface area contributed by atoms with Gasteiger partial charge in [-0.1, -0.05) is 13.8 Å². The number of carboxylic acid groups (broad SMARTS) is 2. The van der Waals surface area contributed by atoms with Gasteiger partial charge in [0.15, 0.2) is 17.7 Å². The van der Waals surface area contributed by atoms with E-state index in [1.54, 1.807) is 0 Å². The molecule has 2 aromatic rings. The van der Waals surface area contributed by atoms with E-state index in [2.05, 4.69) is 47.0 Å². The van der Waals surface area contributed by atoms with E-state index in [0.717, 1.165) is 17.2 Å². The molecule has 0 aliphatic carbocycles. The molecule has 7 atom stereocenters. The number of carboxylic acids is 2. The van der Waals surface area contributed by atoms with E-state index in [0.29, 0.717) is 12.3 Å². The number of nitrogen functional groups attached to an aromatic ring is 1. The Bertz CT molecular complexity index is 1950. The maximum absolute atomic E-state index is 12.6. The van der Waals surface area contributed by atoms with E-state index in [1.165, 1.54) is 13.8 Å². The molecule has 1 aliphatic heterocycles. The van der Waals surface area contributed by atoms with Gasteiger partial charge in [-0.3, -0.25) is 42.1 Å². The smallest absolute Gasteiger partial charge is 0.481 e. The zero-order chi connectivity index (χ0) is 44.9. The maximum Gasteiger partial charge on any atom is 0.481 e. The second-order valence-electron chi connectivity index (χ2n) is 12.8. The molecule has 3 rings (SSSR count). The summed E-state index contributed by atoms with van der Waals surface area (Å²) in [6, 6.07) is 0. The van der Waals surface area contributed by atoms with Crippen LogP contribution in [0, 0.1) is 5.41 Å². The number of hydrogen-bond acceptors (Lipinski definition) is 20. The Morgan fingerprint density at radius 3 is 2.20 bits per heavy atom. The molecule has 28 nitrogen and oxygen atoms in total. The summed E-state index contributed by atoms with van der Waals surface area (Å²) in [6.45, 7) is 0.723. The summed E-state index contributed by atoms with van der Waals surface area (Å²) in [5.74, 6) is -3.81. The van der Waals surface area contributed by atoms with Crippen molar-refractivity contribution in [2.24, 2.45) is 5.41 Å². The van der Waals surface area contributed by atoms with Crippen LogP contribution in [0.15, 0.2) is 12.7 Å². The van der Waals surface area contributed by atoms with Crippen molar-refractivity contribution >= 4 is 82.6 Å². The van der Waals surface area contributed by atoms with Gasteiger partial charge in [0.1, 0.15) is 48.5 Å². The van der Waals surface area contributed by atoms with Crippen molar-refractivity contribution in [3.63, 3.8) is 0 Å². The fourth-order valence-electron chi connectivity index (χ4n) is 4.64. The summed E-state index contributed by atoms with van der Waals surface area (Å²) >= 11 is 3.95. The molecular formula is C27H44N7O21P3S. The number of aromatic nitrogens is 4. The average Bonchev–Trinajstić information content (AvgIpc) is 3.67. The summed E-state index contributed by atoms with van der Waals surface area (Å²) in [5, 5.41) is 42.3. The van der Waals surface area contributed by atoms with Crippen LogP contribution in [0.2, 0.25) is 0 Å². The van der Waals surface area contributed by atoms with Crippen molar-refractivity contribution in [2.75, 3.05) is 37.8 Å². The number of aliphatic carboxylic acids is 2. The highest BCUT2D eigenvalue weighted by Crippen LogP contribution is 2.61. The summed E-state index contributed by atoms with van der Waals surface area (Å²) in [6.07, 6.45) is -7.84. The van der Waals surface area contributed by atoms with Crippen LogP contribution in [-0.2, 0) is 60.3 Å². The molecule has 59 heavy (non-hydrogen) atoms. The lowest BCUT2D eigenvalue weighted by Gasteiger charge is -2.30. The molecule has 3 heterocycles. The molecule has 0 aromatic carbocycles. The Morgan fingerprint density at radius 1 is 0.966 bits per heavy atom. The van der Waals surface area contributed by atoms with Gasteiger partial charge in [0, 0.05) is 37.1 Å². The summed E-state index contributed by atoms with van der Waals surface area (Å²) in [5.41, 5.74) is 4.30. The highest BCUT2D eigenvalue weighted by atomic mass is 32.1. The Balaban J connectivity index is 0.000000951. The number of thiol groups is 1. The zero-order valence-electron chi connectivity index (χ0n) is 30.9. The first-order chi connectivity index (χ1) is 27.2. The van der Waals surface area contributed by atoms with Crippen molar-refractivity contribution in [3.8, 4) is 0 Å². The molecule has 2 unspecified atom stereocenters. The van der Waals surface area contributed by atoms with Crippen molar-refractivity contribution in [2.45, 2.75) is 70.2 Å². The molecule has 32 heteroatoms. The van der Waals surface area contributed by atoms with Crippen molar-refractivity contribution < 1.29 is 100 Å². The van der Waals surface area contributed by atoms with Crippen molar-refractivity contribution in [1.29, 1.82) is 0 Å². The number of amides is 2. The van der Waals surface area contributed by atoms with Gasteiger partial charge in [0.25, 0.3) is 0 Å². The number of fused-ring (bicyclic) bond motifs is 1. The molecule has 0 radical (unpaired) electrons. The van der Waals surface area contributed by atoms with Crippen LogP contribution >= 0.6 is 36.1 Å². The highest BCUT2D eigenvalue weighted by Gasteiger charge is 2.50. The monoisotopic (exact) mass is 927 g/mol. The number of nitrogens with two attached hydrogens (primary N) is 1. The minimum Gasteiger partial charge on any atom is -0.481 e. The lowest BCUT2D eigenvalue weighted by atomic mass is 9.87. The number of aliphatic hydroxyl groups excluding tert-OH is 2. The van der Waals surface area contributed by atoms with Crippen molar-refractivity contribution in [3.05, 3.63) is 12.7 Å². The van der Waals surface area contributed by atoms with Gasteiger partial charge in [0.05, 0.1) is 26.0 Å². The average molecular weight is 928 g/mol. The number of hydrogen-bond donors (Lipinski definition) is 12. The van der Waals surface area contributed by atoms with Gasteiger partial charge < -0.3 is 61.1 Å². The number of nitrogens with zero attached hydrogens (tertiary/aromatic N) is 4. The standard InChI is InChI=1S/C21H36N7O16P3S.C6H8O5/c1-21(2,16(31)19(32)24-4-3-12(29)23-5-6-48)8-41-47(38,39)44-46(36,37)40-7-11-15(43-45(33,34)35)14(30)20(42-11)28-10-27-13-17(22)25-9-26-18(13)28;7-4(3-6(10)11)1-2-5(8)9/h9-11,14-16,20,30-31,48H,3-8H2,1-2H3,(H,23,29)(H,24,32)(H,36,37)(H,38,39)(H2,22,25,26)(H2,33,34,35);1-3H2,(H,8,9)(H,10,11)/t11-,14-,15-,16+,20-;/m1./s1. The summed E-state index contributed by atoms with van der Waals surface area (Å²) in [7, 11) is -16.3. The molecule has 1 fully saturated rings. The van der Waals surface area contributed by atoms with Crippen LogP contribution in [0.1, 0.15) is 45.8 Å². The number of phosphoric acid groups is 3. The largest absolute Gasteiger partial charge is 0.481 e. The number of aliphatic hydroxyl groups is 2. The van der Waals surface area contributed by atoms with Crippen LogP contribution in [-0.4, -0.2) is 146 Å². The molecule has 2 amide bonds. The second kappa shape index (κ2) is 22.4. The van der Waals surface area contributed by atoms with Gasteiger partial charge in [0.2, 0.25) is 11.8 Å². The van der Waals surface area contributed by atoms with Crippen LogP contribution in [0.25, 0.3) is 11.2 Å². The Hall–Kier alpha value is -3.50. The fourth-order valence-corrected chi connectivity index (χ4v) is 7.58. The van der Waals surface area contributed by atoms with Gasteiger partial charge >= 0.3 is 35.4 Å². The number of ketones is 1. The highest BCUT2D eigenvalue weighted by molar-refractivity contribution is 7.80. The van der Waals surface area contributed by atoms with E-state index in [9.17, 15) is 67.5 Å². The second-order valence-corrected chi connectivity index (χ2v) is 17.5. The third-order valence-electron chi connectivity index (χ3n) is 7.48. The first kappa shape index (κ1) is 51.6. The number of anilines is 1. The molecule has 12 N–H and O–H groups in total. The number of imidazole rings is 1. The Labute approximate surface area is 338 Å². The minimum absolute atomic E-state index is 0.0363. The minimum atomic E-state index is -5.54. The molecule has 0 saturated carbocycles. The molecule has 0 bridgehead atoms. The number of rotatable bonds is 23. The van der Waals surface area contributed by atoms with E-state index >= 15 is 0 Å². The quantitative estimate of drug-likeness (QED) is 0.0333. The molecular weight excluding hydrogens is 883 g/mol. The van der Waals surface area contributed by atoms with Crippen molar-refractivity contribution in [1.82, 2.24) is 30.2 Å². The van der Waals surface area contributed by atoms with Crippen LogP contribution in [0.4, 0.5) is 5.82 Å². The number of nitrogens with one attached hydrogen (secondary N) is 2. The first-order valence-corrected chi connectivity index (χ1v) is 21.8. The molecule has 334 valence electrons. The summed E-state index contributed by atoms with van der Waals surface area (Å²) in [4.78, 5) is 105. The summed E-state index contributed by atoms with van der Waals surface area (Å²) < 4.78 is 61.7. The lowest BCUT2D eigenvalue weighted by Crippen LogP contribution is -2.46. The predicted octanol–water partition coefficient (Wildman–Crippen LogP) is -1.77. The topological polar surface area (TPSA) is 438 Å². The number of Topliss-reactive ketones (excluding diaryl/α,β-unsaturated/α-hetero) is 1. The normalized spacial score (nSPS) is 20.7. The van der Waals surface area contributed by atoms with E-state index in [-0.39, 0.29) is 48.7 Å². The predicted molar refractivity (Wildman–Crippen MR) is 198 cm³/mol. The maximum atomic E-state index is 12.6. The van der Waals surface area contributed by atoms with Gasteiger partial charge in [-0.25, -0.2) is 28.6 Å². The van der Waals surface area contributed by atoms with Crippen LogP contribution in [0.5, 0.6) is 0 Å². The number of carbonyl (C=O) groups excluding carboxylic acids is 3. The van der Waals surface area contributed by atoms with Gasteiger partial charge in [-0.2, -0.15) is 16.9 Å². The number of phosphoric ester groups is 3. The van der Waals surface area contributed by atoms with E-state index in [4.69, 9.17) is 29.7 Å². The van der Waals surface area contributed by atoms with Gasteiger partial charge in [-0.05, 0) is 0 Å². The SMILES string of the molecule is CC(C)(COP(=O)(O)OP(=O)(O)OC[C@H]1O[C@@H](n2cnc3c(N)ncnc32)[C@H](O)[C@@H]1OP(=O)(O)O)[C@@H](O)C(=O)NCCC(=O)NCCS.O=C(O)CCC(=O)CC(=O)O.